The van der Waals surface area contributed by atoms with Gasteiger partial charge in [0.1, 0.15) is 11.5 Å². The first-order valence-electron chi connectivity index (χ1n) is 15.4. The Balaban J connectivity index is 1.17. The number of alkyl halides is 3. The van der Waals surface area contributed by atoms with Gasteiger partial charge in [-0.15, -0.1) is 0 Å². The lowest BCUT2D eigenvalue weighted by Gasteiger charge is -2.38. The number of benzene rings is 1. The molecule has 3 aliphatic rings. The minimum absolute atomic E-state index is 0.0188. The number of hydrogen-bond acceptors (Lipinski definition) is 8. The minimum atomic E-state index is -4.16. The summed E-state index contributed by atoms with van der Waals surface area (Å²) < 4.78 is 61.2. The van der Waals surface area contributed by atoms with Crippen molar-refractivity contribution in [2.24, 2.45) is 5.92 Å². The van der Waals surface area contributed by atoms with Crippen LogP contribution in [0.4, 0.5) is 18.9 Å². The smallest absolute Gasteiger partial charge is 0.401 e. The highest BCUT2D eigenvalue weighted by Crippen LogP contribution is 2.40. The van der Waals surface area contributed by atoms with E-state index in [0.29, 0.717) is 69.7 Å². The summed E-state index contributed by atoms with van der Waals surface area (Å²) in [5.41, 5.74) is 3.26. The third-order valence-electron chi connectivity index (χ3n) is 8.84. The number of nitrogens with zero attached hydrogens (tertiary/aromatic N) is 3. The van der Waals surface area contributed by atoms with Crippen LogP contribution in [-0.4, -0.2) is 81.7 Å². The molecule has 0 radical (unpaired) electrons. The third kappa shape index (κ3) is 8.25. The Labute approximate surface area is 251 Å². The number of likely N-dealkylation sites (tertiary alicyclic amines) is 1. The molecule has 43 heavy (non-hydrogen) atoms. The zero-order valence-corrected chi connectivity index (χ0v) is 25.0. The molecule has 1 aromatic heterocycles. The fourth-order valence-electron chi connectivity index (χ4n) is 6.53. The van der Waals surface area contributed by atoms with Crippen molar-refractivity contribution in [3.8, 4) is 17.4 Å². The van der Waals surface area contributed by atoms with Gasteiger partial charge in [0.25, 0.3) is 0 Å². The Bertz CT molecular complexity index is 1230. The summed E-state index contributed by atoms with van der Waals surface area (Å²) in [6, 6.07) is 8.01. The van der Waals surface area contributed by atoms with Crippen LogP contribution in [0.5, 0.6) is 17.4 Å². The first-order chi connectivity index (χ1) is 20.7. The molecule has 2 aromatic rings. The summed E-state index contributed by atoms with van der Waals surface area (Å²) in [5, 5.41) is 0. The minimum Gasteiger partial charge on any atom is -0.497 e. The Morgan fingerprint density at radius 3 is 2.51 bits per heavy atom. The quantitative estimate of drug-likeness (QED) is 0.308. The van der Waals surface area contributed by atoms with E-state index >= 15 is 0 Å². The van der Waals surface area contributed by atoms with E-state index in [-0.39, 0.29) is 17.8 Å². The van der Waals surface area contributed by atoms with Crippen LogP contribution in [0.2, 0.25) is 0 Å². The highest BCUT2D eigenvalue weighted by molar-refractivity contribution is 5.71. The molecule has 0 bridgehead atoms. The second kappa shape index (κ2) is 14.1. The monoisotopic (exact) mass is 605 g/mol. The van der Waals surface area contributed by atoms with Gasteiger partial charge in [0.2, 0.25) is 5.88 Å². The average Bonchev–Trinajstić information content (AvgIpc) is 3.00. The van der Waals surface area contributed by atoms with Crippen LogP contribution >= 0.6 is 0 Å². The van der Waals surface area contributed by atoms with Crippen molar-refractivity contribution in [2.75, 3.05) is 64.6 Å². The molecule has 4 heterocycles. The van der Waals surface area contributed by atoms with Crippen molar-refractivity contribution in [3.63, 3.8) is 0 Å². The predicted octanol–water partition coefficient (Wildman–Crippen LogP) is 5.95. The maximum atomic E-state index is 12.9. The van der Waals surface area contributed by atoms with E-state index in [9.17, 15) is 18.0 Å². The second-order valence-electron chi connectivity index (χ2n) is 11.7. The normalized spacial score (nSPS) is 20.3. The summed E-state index contributed by atoms with van der Waals surface area (Å²) in [4.78, 5) is 20.4. The van der Waals surface area contributed by atoms with Crippen LogP contribution < -0.4 is 19.1 Å². The number of carbonyl (C=O) groups excluding carboxylic acids is 1. The van der Waals surface area contributed by atoms with Gasteiger partial charge >= 0.3 is 12.1 Å². The van der Waals surface area contributed by atoms with Crippen LogP contribution in [0.15, 0.2) is 30.5 Å². The van der Waals surface area contributed by atoms with E-state index in [1.807, 2.05) is 12.1 Å². The number of rotatable bonds is 10. The number of halogens is 3. The van der Waals surface area contributed by atoms with Crippen molar-refractivity contribution in [3.05, 3.63) is 41.6 Å². The third-order valence-corrected chi connectivity index (χ3v) is 8.84. The van der Waals surface area contributed by atoms with Crippen LogP contribution in [-0.2, 0) is 9.53 Å². The van der Waals surface area contributed by atoms with Gasteiger partial charge in [-0.25, -0.2) is 4.98 Å². The summed E-state index contributed by atoms with van der Waals surface area (Å²) in [5.74, 6) is 2.40. The number of anilines is 1. The molecule has 2 fully saturated rings. The molecule has 0 aliphatic carbocycles. The molecule has 1 aromatic carbocycles. The first-order valence-corrected chi connectivity index (χ1v) is 15.4. The second-order valence-corrected chi connectivity index (χ2v) is 11.7. The Morgan fingerprint density at radius 2 is 1.81 bits per heavy atom. The molecule has 3 aliphatic heterocycles. The number of piperidine rings is 2. The van der Waals surface area contributed by atoms with Gasteiger partial charge in [-0.2, -0.15) is 13.2 Å². The molecule has 0 saturated carbocycles. The fourth-order valence-corrected chi connectivity index (χ4v) is 6.53. The van der Waals surface area contributed by atoms with E-state index in [4.69, 9.17) is 18.9 Å². The van der Waals surface area contributed by atoms with Crippen molar-refractivity contribution < 1.29 is 36.9 Å². The molecule has 8 nitrogen and oxygen atoms in total. The number of fused-ring (bicyclic) bond motifs is 1. The molecular weight excluding hydrogens is 563 g/mol. The average molecular weight is 606 g/mol. The van der Waals surface area contributed by atoms with E-state index in [1.165, 1.54) is 10.5 Å². The molecule has 1 unspecified atom stereocenters. The van der Waals surface area contributed by atoms with Gasteiger partial charge in [-0.3, -0.25) is 9.69 Å². The van der Waals surface area contributed by atoms with Gasteiger partial charge in [0.15, 0.2) is 0 Å². The fraction of sp³-hybridized carbons (Fsp3) is 0.625. The number of ether oxygens (including phenoxy) is 4. The van der Waals surface area contributed by atoms with E-state index in [2.05, 4.69) is 22.0 Å². The van der Waals surface area contributed by atoms with Crippen LogP contribution in [0.3, 0.4) is 0 Å². The topological polar surface area (TPSA) is 73.4 Å². The van der Waals surface area contributed by atoms with Gasteiger partial charge in [-0.05, 0) is 75.6 Å². The first kappa shape index (κ1) is 31.2. The largest absolute Gasteiger partial charge is 0.497 e. The van der Waals surface area contributed by atoms with Crippen LogP contribution in [0.1, 0.15) is 68.4 Å². The standard InChI is InChI=1S/C32H42F3N3O5/c1-3-41-31(39)16-24-10-15-42-29-19-36-30(18-27(24)29)43-20-22-6-13-38(14-7-22)28-17-25(40-2)4-5-26(28)23-8-11-37(12-9-23)21-32(33,34)35/h4-5,17-19,22-24H,3,6-16,20-21H2,1-2H3. The molecule has 5 rings (SSSR count). The van der Waals surface area contributed by atoms with E-state index in [1.54, 1.807) is 20.2 Å². The number of aromatic nitrogens is 1. The maximum Gasteiger partial charge on any atom is 0.401 e. The number of esters is 1. The number of carbonyl (C=O) groups is 1. The maximum absolute atomic E-state index is 12.9. The van der Waals surface area contributed by atoms with Gasteiger partial charge in [0.05, 0.1) is 46.1 Å². The zero-order chi connectivity index (χ0) is 30.4. The van der Waals surface area contributed by atoms with Crippen molar-refractivity contribution in [1.29, 1.82) is 0 Å². The van der Waals surface area contributed by atoms with Gasteiger partial charge in [-0.1, -0.05) is 6.07 Å². The lowest BCUT2D eigenvalue weighted by atomic mass is 9.87. The predicted molar refractivity (Wildman–Crippen MR) is 156 cm³/mol. The van der Waals surface area contributed by atoms with Gasteiger partial charge in [0, 0.05) is 42.4 Å². The molecule has 11 heteroatoms. The van der Waals surface area contributed by atoms with Crippen molar-refractivity contribution in [1.82, 2.24) is 9.88 Å². The van der Waals surface area contributed by atoms with E-state index < -0.39 is 12.7 Å². The Morgan fingerprint density at radius 1 is 1.05 bits per heavy atom. The lowest BCUT2D eigenvalue weighted by Crippen LogP contribution is -2.40. The Kier molecular flexibility index (Phi) is 10.2. The molecule has 1 atom stereocenters. The highest BCUT2D eigenvalue weighted by atomic mass is 19.4. The summed E-state index contributed by atoms with van der Waals surface area (Å²) in [6.07, 6.45) is 1.88. The number of pyridine rings is 1. The van der Waals surface area contributed by atoms with E-state index in [0.717, 1.165) is 49.4 Å². The van der Waals surface area contributed by atoms with Crippen molar-refractivity contribution in [2.45, 2.75) is 63.5 Å². The molecule has 236 valence electrons. The Hall–Kier alpha value is -3.21. The molecule has 0 N–H and O–H groups in total. The molecular formula is C32H42F3N3O5. The summed E-state index contributed by atoms with van der Waals surface area (Å²) >= 11 is 0. The highest BCUT2D eigenvalue weighted by Gasteiger charge is 2.34. The van der Waals surface area contributed by atoms with Crippen molar-refractivity contribution >= 4 is 11.7 Å². The van der Waals surface area contributed by atoms with Crippen LogP contribution in [0, 0.1) is 5.92 Å². The number of hydrogen-bond donors (Lipinski definition) is 0. The molecule has 0 spiro atoms. The summed E-state index contributed by atoms with van der Waals surface area (Å²) in [7, 11) is 1.65. The lowest BCUT2D eigenvalue weighted by molar-refractivity contribution is -0.148. The zero-order valence-electron chi connectivity index (χ0n) is 25.0. The molecule has 0 amide bonds. The number of methoxy groups -OCH3 is 1. The SMILES string of the molecule is CCOC(=O)CC1CCOc2cnc(OCC3CCN(c4cc(OC)ccc4C4CCN(CC(F)(F)F)CC4)CC3)cc21. The summed E-state index contributed by atoms with van der Waals surface area (Å²) in [6.45, 7) is 5.02. The van der Waals surface area contributed by atoms with Gasteiger partial charge < -0.3 is 23.8 Å². The molecule has 2 saturated heterocycles. The van der Waals surface area contributed by atoms with Crippen LogP contribution in [0.25, 0.3) is 0 Å².